The molecule has 0 spiro atoms. The third kappa shape index (κ3) is 9.49. The van der Waals surface area contributed by atoms with Gasteiger partial charge in [-0.05, 0) is 26.3 Å². The average Bonchev–Trinajstić information content (AvgIpc) is 2.20. The number of nitrogens with one attached hydrogen (secondary N) is 1. The van der Waals surface area contributed by atoms with Gasteiger partial charge in [0, 0.05) is 6.61 Å². The number of hydrogen-bond donors (Lipinski definition) is 1. The minimum atomic E-state index is -0.523. The van der Waals surface area contributed by atoms with E-state index in [0.717, 1.165) is 19.1 Å². The van der Waals surface area contributed by atoms with Gasteiger partial charge in [-0.2, -0.15) is 5.48 Å². The summed E-state index contributed by atoms with van der Waals surface area (Å²) in [5, 5.41) is 0. The molecule has 0 aliphatic carbocycles. The summed E-state index contributed by atoms with van der Waals surface area (Å²) >= 11 is 0. The molecule has 0 radical (unpaired) electrons. The molecule has 0 aromatic rings. The van der Waals surface area contributed by atoms with Gasteiger partial charge in [0.05, 0.1) is 13.2 Å². The van der Waals surface area contributed by atoms with Crippen molar-refractivity contribution < 1.29 is 18.8 Å². The molecule has 5 nitrogen and oxygen atoms in total. The van der Waals surface area contributed by atoms with E-state index in [1.807, 2.05) is 6.92 Å². The van der Waals surface area contributed by atoms with Crippen LogP contribution in [-0.4, -0.2) is 35.7 Å². The molecule has 0 aromatic carbocycles. The third-order valence-corrected chi connectivity index (χ3v) is 2.91. The number of ether oxygens (including phenoxy) is 1. The maximum Gasteiger partial charge on any atom is 0.431 e. The Labute approximate surface area is 87.0 Å². The number of hydrogen-bond acceptors (Lipinski definition) is 4. The van der Waals surface area contributed by atoms with E-state index in [0.29, 0.717) is 13.2 Å². The number of carbonyl (C=O) groups is 1. The minimum Gasteiger partial charge on any atom is -0.448 e. The smallest absolute Gasteiger partial charge is 0.431 e. The molecule has 0 heterocycles. The van der Waals surface area contributed by atoms with E-state index in [1.54, 1.807) is 6.92 Å². The van der Waals surface area contributed by atoms with Crippen LogP contribution in [0.15, 0.2) is 0 Å². The van der Waals surface area contributed by atoms with Crippen LogP contribution in [0.25, 0.3) is 0 Å². The van der Waals surface area contributed by atoms with Gasteiger partial charge in [0.15, 0.2) is 9.76 Å². The topological polar surface area (TPSA) is 56.8 Å². The normalized spacial score (nSPS) is 10.7. The van der Waals surface area contributed by atoms with E-state index in [2.05, 4.69) is 10.3 Å². The van der Waals surface area contributed by atoms with Crippen LogP contribution in [0.1, 0.15) is 20.3 Å². The van der Waals surface area contributed by atoms with Gasteiger partial charge in [-0.1, -0.05) is 0 Å². The highest BCUT2D eigenvalue weighted by atomic mass is 28.2. The quantitative estimate of drug-likeness (QED) is 0.370. The van der Waals surface area contributed by atoms with Crippen molar-refractivity contribution in [3.63, 3.8) is 0 Å². The molecule has 14 heavy (non-hydrogen) atoms. The highest BCUT2D eigenvalue weighted by Gasteiger charge is 1.99. The molecule has 0 bridgehead atoms. The average molecular weight is 221 g/mol. The lowest BCUT2D eigenvalue weighted by Crippen LogP contribution is -2.24. The van der Waals surface area contributed by atoms with Gasteiger partial charge in [0.2, 0.25) is 0 Å². The van der Waals surface area contributed by atoms with Gasteiger partial charge >= 0.3 is 6.09 Å². The van der Waals surface area contributed by atoms with E-state index in [4.69, 9.17) is 9.16 Å². The van der Waals surface area contributed by atoms with Gasteiger partial charge in [0.1, 0.15) is 0 Å². The molecule has 0 saturated heterocycles. The summed E-state index contributed by atoms with van der Waals surface area (Å²) in [6, 6.07) is 1.04. The maximum absolute atomic E-state index is 10.8. The Bertz CT molecular complexity index is 145. The molecule has 0 fully saturated rings. The van der Waals surface area contributed by atoms with Gasteiger partial charge in [-0.25, -0.2) is 4.79 Å². The fourth-order valence-electron chi connectivity index (χ4n) is 0.776. The minimum absolute atomic E-state index is 0.392. The molecule has 0 unspecified atom stereocenters. The van der Waals surface area contributed by atoms with Crippen LogP contribution in [0, 0.1) is 0 Å². The molecule has 0 aromatic heterocycles. The molecule has 84 valence electrons. The summed E-state index contributed by atoms with van der Waals surface area (Å²) in [7, 11) is -0.392. The Morgan fingerprint density at radius 2 is 2.14 bits per heavy atom. The van der Waals surface area contributed by atoms with Crippen LogP contribution in [0.5, 0.6) is 0 Å². The van der Waals surface area contributed by atoms with Gasteiger partial charge in [0.25, 0.3) is 0 Å². The molecule has 6 heteroatoms. The lowest BCUT2D eigenvalue weighted by atomic mass is 10.5. The van der Waals surface area contributed by atoms with E-state index >= 15 is 0 Å². The fraction of sp³-hybridized carbons (Fsp3) is 0.875. The van der Waals surface area contributed by atoms with Crippen molar-refractivity contribution in [3.8, 4) is 0 Å². The van der Waals surface area contributed by atoms with E-state index in [1.165, 1.54) is 0 Å². The Kier molecular flexibility index (Phi) is 10.0. The van der Waals surface area contributed by atoms with Crippen LogP contribution in [0.2, 0.25) is 6.04 Å². The van der Waals surface area contributed by atoms with Crippen LogP contribution in [-0.2, 0) is 14.0 Å². The van der Waals surface area contributed by atoms with Crippen LogP contribution in [0.4, 0.5) is 4.79 Å². The largest absolute Gasteiger partial charge is 0.448 e. The summed E-state index contributed by atoms with van der Waals surface area (Å²) < 4.78 is 10.1. The second kappa shape index (κ2) is 10.5. The molecule has 0 saturated carbocycles. The highest BCUT2D eigenvalue weighted by Crippen LogP contribution is 1.91. The molecule has 0 aliphatic rings. The van der Waals surface area contributed by atoms with E-state index in [9.17, 15) is 4.79 Å². The first kappa shape index (κ1) is 13.4. The monoisotopic (exact) mass is 221 g/mol. The Balaban J connectivity index is 3.07. The highest BCUT2D eigenvalue weighted by molar-refractivity contribution is 6.26. The summed E-state index contributed by atoms with van der Waals surface area (Å²) in [5.74, 6) is 0. The second-order valence-corrected chi connectivity index (χ2v) is 4.10. The SMILES string of the molecule is CCONC(=O)OCCC[SiH2]OCC. The second-order valence-electron chi connectivity index (χ2n) is 2.58. The van der Waals surface area contributed by atoms with Crippen molar-refractivity contribution in [3.05, 3.63) is 0 Å². The van der Waals surface area contributed by atoms with Gasteiger partial charge in [-0.15, -0.1) is 0 Å². The van der Waals surface area contributed by atoms with E-state index < -0.39 is 15.9 Å². The van der Waals surface area contributed by atoms with E-state index in [-0.39, 0.29) is 0 Å². The number of carbonyl (C=O) groups excluding carboxylic acids is 1. The first-order valence-electron chi connectivity index (χ1n) is 4.93. The summed E-state index contributed by atoms with van der Waals surface area (Å²) in [6.07, 6.45) is 0.344. The van der Waals surface area contributed by atoms with Crippen LogP contribution < -0.4 is 5.48 Å². The molecule has 1 N–H and O–H groups in total. The van der Waals surface area contributed by atoms with Gasteiger partial charge < -0.3 is 9.16 Å². The standard InChI is InChI=1S/C8H19NO4Si/c1-3-12-9-8(10)11-6-5-7-14-13-4-2/h3-7,14H2,1-2H3,(H,9,10). The Hall–Kier alpha value is -0.593. The zero-order valence-electron chi connectivity index (χ0n) is 8.88. The molecular formula is C8H19NO4Si. The van der Waals surface area contributed by atoms with Crippen molar-refractivity contribution in [2.24, 2.45) is 0 Å². The summed E-state index contributed by atoms with van der Waals surface area (Å²) in [4.78, 5) is 15.5. The predicted molar refractivity (Wildman–Crippen MR) is 55.7 cm³/mol. The predicted octanol–water partition coefficient (Wildman–Crippen LogP) is 0.593. The number of amides is 1. The molecule has 0 rings (SSSR count). The Morgan fingerprint density at radius 3 is 2.79 bits per heavy atom. The number of hydroxylamine groups is 1. The number of rotatable bonds is 8. The molecular weight excluding hydrogens is 202 g/mol. The van der Waals surface area contributed by atoms with Crippen LogP contribution in [0.3, 0.4) is 0 Å². The van der Waals surface area contributed by atoms with Crippen molar-refractivity contribution in [2.45, 2.75) is 26.3 Å². The fourth-order valence-corrected chi connectivity index (χ4v) is 1.68. The first-order valence-corrected chi connectivity index (χ1v) is 6.51. The zero-order chi connectivity index (χ0) is 10.6. The summed E-state index contributed by atoms with van der Waals surface area (Å²) in [5.41, 5.74) is 2.15. The lowest BCUT2D eigenvalue weighted by Gasteiger charge is -2.05. The van der Waals surface area contributed by atoms with Crippen molar-refractivity contribution in [2.75, 3.05) is 19.8 Å². The van der Waals surface area contributed by atoms with Crippen molar-refractivity contribution in [1.82, 2.24) is 5.48 Å². The third-order valence-electron chi connectivity index (χ3n) is 1.42. The molecule has 0 atom stereocenters. The molecule has 0 aliphatic heterocycles. The lowest BCUT2D eigenvalue weighted by molar-refractivity contribution is 0.0344. The van der Waals surface area contributed by atoms with Crippen molar-refractivity contribution >= 4 is 15.9 Å². The maximum atomic E-state index is 10.8. The van der Waals surface area contributed by atoms with Gasteiger partial charge in [-0.3, -0.25) is 4.84 Å². The van der Waals surface area contributed by atoms with Crippen LogP contribution >= 0.6 is 0 Å². The zero-order valence-corrected chi connectivity index (χ0v) is 10.3. The summed E-state index contributed by atoms with van der Waals surface area (Å²) in [6.45, 7) is 5.43. The molecule has 1 amide bonds. The Morgan fingerprint density at radius 1 is 1.36 bits per heavy atom. The van der Waals surface area contributed by atoms with Crippen molar-refractivity contribution in [1.29, 1.82) is 0 Å². The first-order chi connectivity index (χ1) is 6.81.